The zero-order chi connectivity index (χ0) is 11.1. The van der Waals surface area contributed by atoms with E-state index < -0.39 is 0 Å². The Morgan fingerprint density at radius 1 is 1.41 bits per heavy atom. The molecule has 1 aromatic rings. The minimum absolute atomic E-state index is 0. The van der Waals surface area contributed by atoms with Gasteiger partial charge in [-0.25, -0.2) is 0 Å². The highest BCUT2D eigenvalue weighted by Gasteiger charge is 2.35. The molecule has 3 rings (SSSR count). The predicted octanol–water partition coefficient (Wildman–Crippen LogP) is 2.36. The Bertz CT molecular complexity index is 425. The third-order valence-corrected chi connectivity index (χ3v) is 3.88. The largest absolute Gasteiger partial charge is 0.495 e. The molecule has 0 unspecified atom stereocenters. The van der Waals surface area contributed by atoms with Gasteiger partial charge in [0.05, 0.1) is 24.8 Å². The summed E-state index contributed by atoms with van der Waals surface area (Å²) in [6, 6.07) is 4.06. The Morgan fingerprint density at radius 3 is 3.00 bits per heavy atom. The van der Waals surface area contributed by atoms with E-state index in [1.165, 1.54) is 5.56 Å². The summed E-state index contributed by atoms with van der Waals surface area (Å²) in [5, 5.41) is 4.05. The van der Waals surface area contributed by atoms with Crippen LogP contribution in [0.1, 0.15) is 17.0 Å². The maximum atomic E-state index is 6.29. The van der Waals surface area contributed by atoms with Crippen LogP contribution < -0.4 is 10.1 Å². The Kier molecular flexibility index (Phi) is 3.83. The molecule has 1 saturated heterocycles. The molecular weight excluding hydrogens is 261 g/mol. The van der Waals surface area contributed by atoms with Gasteiger partial charge < -0.3 is 14.8 Å². The molecule has 0 amide bonds. The third kappa shape index (κ3) is 2.02. The van der Waals surface area contributed by atoms with Crippen molar-refractivity contribution >= 4 is 24.0 Å². The van der Waals surface area contributed by atoms with E-state index in [2.05, 4.69) is 11.4 Å². The first-order valence-electron chi connectivity index (χ1n) is 5.49. The number of ether oxygens (including phenoxy) is 2. The summed E-state index contributed by atoms with van der Waals surface area (Å²) in [4.78, 5) is 0. The van der Waals surface area contributed by atoms with E-state index in [1.807, 2.05) is 6.07 Å². The van der Waals surface area contributed by atoms with E-state index in [1.54, 1.807) is 7.11 Å². The quantitative estimate of drug-likeness (QED) is 0.854. The number of hydrogen-bond acceptors (Lipinski definition) is 3. The van der Waals surface area contributed by atoms with Crippen molar-refractivity contribution in [2.24, 2.45) is 0 Å². The zero-order valence-corrected chi connectivity index (χ0v) is 11.1. The van der Waals surface area contributed by atoms with Crippen molar-refractivity contribution < 1.29 is 9.47 Å². The summed E-state index contributed by atoms with van der Waals surface area (Å²) < 4.78 is 11.0. The van der Waals surface area contributed by atoms with Crippen molar-refractivity contribution in [3.05, 3.63) is 28.3 Å². The third-order valence-electron chi connectivity index (χ3n) is 3.46. The van der Waals surface area contributed by atoms with Gasteiger partial charge in [0.2, 0.25) is 0 Å². The van der Waals surface area contributed by atoms with Gasteiger partial charge in [-0.05, 0) is 11.6 Å². The van der Waals surface area contributed by atoms with E-state index in [-0.39, 0.29) is 12.4 Å². The molecule has 1 N–H and O–H groups in total. The Balaban J connectivity index is 0.00000108. The zero-order valence-electron chi connectivity index (χ0n) is 9.53. The van der Waals surface area contributed by atoms with Crippen molar-refractivity contribution in [3.63, 3.8) is 0 Å². The van der Waals surface area contributed by atoms with Crippen LogP contribution in [0.25, 0.3) is 0 Å². The number of fused-ring (bicyclic) bond motifs is 3. The van der Waals surface area contributed by atoms with Crippen molar-refractivity contribution in [2.45, 2.75) is 18.6 Å². The number of rotatable bonds is 1. The molecule has 0 saturated carbocycles. The summed E-state index contributed by atoms with van der Waals surface area (Å²) in [6.45, 7) is 2.50. The van der Waals surface area contributed by atoms with E-state index >= 15 is 0 Å². The van der Waals surface area contributed by atoms with Crippen LogP contribution in [0.2, 0.25) is 5.02 Å². The molecular formula is C12H15Cl2NO2. The molecule has 3 nitrogen and oxygen atoms in total. The Morgan fingerprint density at radius 2 is 2.24 bits per heavy atom. The van der Waals surface area contributed by atoms with Gasteiger partial charge in [0.1, 0.15) is 5.75 Å². The fraction of sp³-hybridized carbons (Fsp3) is 0.500. The number of halogens is 2. The average molecular weight is 276 g/mol. The molecule has 5 heteroatoms. The minimum atomic E-state index is 0. The lowest BCUT2D eigenvalue weighted by atomic mass is 9.89. The summed E-state index contributed by atoms with van der Waals surface area (Å²) in [7, 11) is 1.64. The number of hydrogen-bond donors (Lipinski definition) is 1. The van der Waals surface area contributed by atoms with Gasteiger partial charge in [0.15, 0.2) is 0 Å². The van der Waals surface area contributed by atoms with Gasteiger partial charge in [-0.1, -0.05) is 17.7 Å². The highest BCUT2D eigenvalue weighted by atomic mass is 35.5. The van der Waals surface area contributed by atoms with Crippen LogP contribution in [0.4, 0.5) is 0 Å². The molecule has 1 fully saturated rings. The lowest BCUT2D eigenvalue weighted by Crippen LogP contribution is -2.27. The number of benzene rings is 1. The molecule has 1 aromatic carbocycles. The molecule has 0 aliphatic carbocycles. The fourth-order valence-electron chi connectivity index (χ4n) is 2.60. The highest BCUT2D eigenvalue weighted by molar-refractivity contribution is 6.33. The summed E-state index contributed by atoms with van der Waals surface area (Å²) in [5.74, 6) is 1.17. The minimum Gasteiger partial charge on any atom is -0.495 e. The molecule has 2 aliphatic heterocycles. The van der Waals surface area contributed by atoms with Crippen LogP contribution >= 0.6 is 24.0 Å². The summed E-state index contributed by atoms with van der Waals surface area (Å²) in [5.41, 5.74) is 2.40. The van der Waals surface area contributed by atoms with E-state index in [4.69, 9.17) is 21.1 Å². The molecule has 2 atom stereocenters. The van der Waals surface area contributed by atoms with Crippen molar-refractivity contribution in [2.75, 3.05) is 20.2 Å². The normalized spacial score (nSPS) is 25.8. The van der Waals surface area contributed by atoms with Gasteiger partial charge in [-0.15, -0.1) is 12.4 Å². The van der Waals surface area contributed by atoms with E-state index in [0.717, 1.165) is 24.4 Å². The topological polar surface area (TPSA) is 30.5 Å². The molecule has 17 heavy (non-hydrogen) atoms. The maximum absolute atomic E-state index is 6.29. The Labute approximate surface area is 112 Å². The number of methoxy groups -OCH3 is 1. The van der Waals surface area contributed by atoms with Gasteiger partial charge in [0, 0.05) is 24.6 Å². The first-order valence-corrected chi connectivity index (χ1v) is 5.86. The standard InChI is InChI=1S/C12H14ClNO2.ClH/c1-15-10-3-2-7-8-4-14-5-11(8)16-6-9(7)12(10)13;/h2-3,8,11,14H,4-6H2,1H3;1H/t8-,11-;/m1./s1. The molecule has 2 heterocycles. The summed E-state index contributed by atoms with van der Waals surface area (Å²) >= 11 is 6.29. The van der Waals surface area contributed by atoms with E-state index in [9.17, 15) is 0 Å². The lowest BCUT2D eigenvalue weighted by Gasteiger charge is -2.29. The van der Waals surface area contributed by atoms with Crippen molar-refractivity contribution in [3.8, 4) is 5.75 Å². The van der Waals surface area contributed by atoms with Gasteiger partial charge in [0.25, 0.3) is 0 Å². The highest BCUT2D eigenvalue weighted by Crippen LogP contribution is 2.40. The first kappa shape index (κ1) is 13.0. The first-order chi connectivity index (χ1) is 7.81. The van der Waals surface area contributed by atoms with Crippen LogP contribution in [0.15, 0.2) is 12.1 Å². The van der Waals surface area contributed by atoms with Crippen molar-refractivity contribution in [1.82, 2.24) is 5.32 Å². The molecule has 0 radical (unpaired) electrons. The van der Waals surface area contributed by atoms with Gasteiger partial charge in [-0.3, -0.25) is 0 Å². The van der Waals surface area contributed by atoms with Crippen LogP contribution in [0.5, 0.6) is 5.75 Å². The van der Waals surface area contributed by atoms with E-state index in [0.29, 0.717) is 23.7 Å². The number of nitrogens with one attached hydrogen (secondary N) is 1. The second-order valence-corrected chi connectivity index (χ2v) is 4.64. The second-order valence-electron chi connectivity index (χ2n) is 4.26. The van der Waals surface area contributed by atoms with Gasteiger partial charge in [-0.2, -0.15) is 0 Å². The molecule has 2 aliphatic rings. The Hall–Kier alpha value is -0.480. The van der Waals surface area contributed by atoms with Crippen LogP contribution in [-0.4, -0.2) is 26.3 Å². The maximum Gasteiger partial charge on any atom is 0.137 e. The summed E-state index contributed by atoms with van der Waals surface area (Å²) in [6.07, 6.45) is 0.303. The molecule has 0 spiro atoms. The lowest BCUT2D eigenvalue weighted by molar-refractivity contribution is 0.0298. The SMILES string of the molecule is COc1ccc2c(c1Cl)CO[C@@H]1CNC[C@H]21.Cl. The van der Waals surface area contributed by atoms with Crippen LogP contribution in [0, 0.1) is 0 Å². The smallest absolute Gasteiger partial charge is 0.137 e. The van der Waals surface area contributed by atoms with Crippen molar-refractivity contribution in [1.29, 1.82) is 0 Å². The predicted molar refractivity (Wildman–Crippen MR) is 69.4 cm³/mol. The fourth-order valence-corrected chi connectivity index (χ4v) is 2.90. The molecule has 0 bridgehead atoms. The van der Waals surface area contributed by atoms with Crippen LogP contribution in [0.3, 0.4) is 0 Å². The second kappa shape index (κ2) is 5.02. The van der Waals surface area contributed by atoms with Crippen LogP contribution in [-0.2, 0) is 11.3 Å². The average Bonchev–Trinajstić information content (AvgIpc) is 2.77. The monoisotopic (exact) mass is 275 g/mol. The molecule has 0 aromatic heterocycles. The molecule has 94 valence electrons. The van der Waals surface area contributed by atoms with Gasteiger partial charge >= 0.3 is 0 Å².